The minimum Gasteiger partial charge on any atom is -0.423 e. The van der Waals surface area contributed by atoms with Gasteiger partial charge in [0.1, 0.15) is 16.9 Å². The fourth-order valence-corrected chi connectivity index (χ4v) is 2.46. The van der Waals surface area contributed by atoms with E-state index in [9.17, 15) is 9.59 Å². The summed E-state index contributed by atoms with van der Waals surface area (Å²) in [7, 11) is 0. The summed E-state index contributed by atoms with van der Waals surface area (Å²) in [5.41, 5.74) is 0.527. The van der Waals surface area contributed by atoms with Gasteiger partial charge in [-0.15, -0.1) is 0 Å². The lowest BCUT2D eigenvalue weighted by Crippen LogP contribution is -2.18. The van der Waals surface area contributed by atoms with Crippen molar-refractivity contribution >= 4 is 32.9 Å². The van der Waals surface area contributed by atoms with Gasteiger partial charge in [0.25, 0.3) is 0 Å². The van der Waals surface area contributed by atoms with Crippen LogP contribution in [0.1, 0.15) is 15.9 Å². The molecule has 0 fully saturated rings. The number of rotatable bonds is 2. The highest BCUT2D eigenvalue weighted by Gasteiger charge is 2.16. The Morgan fingerprint density at radius 3 is 2.73 bits per heavy atom. The molecular formula is C17H11BrO4. The number of carbonyl (C=O) groups excluding carboxylic acids is 1. The number of carbonyl (C=O) groups is 1. The number of benzene rings is 2. The first-order valence-electron chi connectivity index (χ1n) is 6.55. The van der Waals surface area contributed by atoms with E-state index >= 15 is 0 Å². The van der Waals surface area contributed by atoms with Crippen molar-refractivity contribution in [2.24, 2.45) is 0 Å². The quantitative estimate of drug-likeness (QED) is 0.393. The van der Waals surface area contributed by atoms with Crippen molar-refractivity contribution in [3.8, 4) is 5.75 Å². The Hall–Kier alpha value is -2.40. The van der Waals surface area contributed by atoms with Crippen molar-refractivity contribution in [3.63, 3.8) is 0 Å². The SMILES string of the molecule is Cc1cccc(OC(=O)c2cc3cc(Br)ccc3oc2=O)c1. The second kappa shape index (κ2) is 5.77. The Balaban J connectivity index is 2.00. The molecule has 0 bridgehead atoms. The van der Waals surface area contributed by atoms with E-state index in [-0.39, 0.29) is 5.56 Å². The average Bonchev–Trinajstić information content (AvgIpc) is 2.47. The largest absolute Gasteiger partial charge is 0.423 e. The van der Waals surface area contributed by atoms with Crippen molar-refractivity contribution < 1.29 is 13.9 Å². The van der Waals surface area contributed by atoms with E-state index in [0.29, 0.717) is 16.7 Å². The monoisotopic (exact) mass is 358 g/mol. The Bertz CT molecular complexity index is 927. The molecule has 4 nitrogen and oxygen atoms in total. The second-order valence-corrected chi connectivity index (χ2v) is 5.75. The Kier molecular flexibility index (Phi) is 3.81. The zero-order chi connectivity index (χ0) is 15.7. The molecule has 3 aromatic rings. The summed E-state index contributed by atoms with van der Waals surface area (Å²) >= 11 is 3.34. The predicted octanol–water partition coefficient (Wildman–Crippen LogP) is 4.08. The van der Waals surface area contributed by atoms with Gasteiger partial charge >= 0.3 is 11.6 Å². The highest BCUT2D eigenvalue weighted by atomic mass is 79.9. The molecule has 1 heterocycles. The highest BCUT2D eigenvalue weighted by molar-refractivity contribution is 9.10. The molecule has 2 aromatic carbocycles. The Morgan fingerprint density at radius 1 is 1.14 bits per heavy atom. The number of halogens is 1. The summed E-state index contributed by atoms with van der Waals surface area (Å²) in [5, 5.41) is 0.644. The lowest BCUT2D eigenvalue weighted by Gasteiger charge is -2.05. The molecule has 3 rings (SSSR count). The lowest BCUT2D eigenvalue weighted by molar-refractivity contribution is 0.0730. The van der Waals surface area contributed by atoms with Crippen LogP contribution in [0.4, 0.5) is 0 Å². The molecule has 22 heavy (non-hydrogen) atoms. The first-order chi connectivity index (χ1) is 10.5. The molecule has 110 valence electrons. The summed E-state index contributed by atoms with van der Waals surface area (Å²) in [4.78, 5) is 24.1. The van der Waals surface area contributed by atoms with Gasteiger partial charge in [-0.1, -0.05) is 28.1 Å². The van der Waals surface area contributed by atoms with Crippen LogP contribution >= 0.6 is 15.9 Å². The van der Waals surface area contributed by atoms with Crippen LogP contribution in [-0.4, -0.2) is 5.97 Å². The number of fused-ring (bicyclic) bond motifs is 1. The molecule has 0 aliphatic rings. The topological polar surface area (TPSA) is 56.5 Å². The molecule has 0 unspecified atom stereocenters. The van der Waals surface area contributed by atoms with Crippen LogP contribution in [0.15, 0.2) is 62.2 Å². The molecule has 0 saturated heterocycles. The summed E-state index contributed by atoms with van der Waals surface area (Å²) in [6, 6.07) is 13.7. The lowest BCUT2D eigenvalue weighted by atomic mass is 10.2. The highest BCUT2D eigenvalue weighted by Crippen LogP contribution is 2.20. The van der Waals surface area contributed by atoms with Gasteiger partial charge in [0, 0.05) is 9.86 Å². The van der Waals surface area contributed by atoms with Crippen molar-refractivity contribution in [2.45, 2.75) is 6.92 Å². The first kappa shape index (κ1) is 14.5. The number of esters is 1. The third-order valence-corrected chi connectivity index (χ3v) is 3.61. The summed E-state index contributed by atoms with van der Waals surface area (Å²) in [5.74, 6) is -0.347. The van der Waals surface area contributed by atoms with Gasteiger partial charge in [0.2, 0.25) is 0 Å². The second-order valence-electron chi connectivity index (χ2n) is 4.84. The fraction of sp³-hybridized carbons (Fsp3) is 0.0588. The predicted molar refractivity (Wildman–Crippen MR) is 86.3 cm³/mol. The number of aryl methyl sites for hydroxylation is 1. The van der Waals surface area contributed by atoms with Crippen LogP contribution in [0.25, 0.3) is 11.0 Å². The number of ether oxygens (including phenoxy) is 1. The minimum atomic E-state index is -0.735. The molecule has 0 amide bonds. The van der Waals surface area contributed by atoms with E-state index in [0.717, 1.165) is 10.0 Å². The van der Waals surface area contributed by atoms with E-state index in [1.54, 1.807) is 36.4 Å². The van der Waals surface area contributed by atoms with Gasteiger partial charge in [-0.3, -0.25) is 0 Å². The number of hydrogen-bond acceptors (Lipinski definition) is 4. The van der Waals surface area contributed by atoms with Crippen molar-refractivity contribution in [2.75, 3.05) is 0 Å². The van der Waals surface area contributed by atoms with Crippen LogP contribution in [0.2, 0.25) is 0 Å². The van der Waals surface area contributed by atoms with Gasteiger partial charge in [0.05, 0.1) is 0 Å². The maximum atomic E-state index is 12.2. The molecule has 1 aromatic heterocycles. The maximum absolute atomic E-state index is 12.2. The van der Waals surface area contributed by atoms with Gasteiger partial charge < -0.3 is 9.15 Å². The first-order valence-corrected chi connectivity index (χ1v) is 7.34. The molecule has 0 aliphatic carbocycles. The summed E-state index contributed by atoms with van der Waals surface area (Å²) in [6.07, 6.45) is 0. The van der Waals surface area contributed by atoms with E-state index in [1.165, 1.54) is 6.07 Å². The molecule has 0 spiro atoms. The van der Waals surface area contributed by atoms with Gasteiger partial charge in [-0.2, -0.15) is 0 Å². The molecule has 5 heteroatoms. The summed E-state index contributed by atoms with van der Waals surface area (Å²) in [6.45, 7) is 1.89. The average molecular weight is 359 g/mol. The van der Waals surface area contributed by atoms with E-state index in [1.807, 2.05) is 13.0 Å². The molecule has 0 atom stereocenters. The van der Waals surface area contributed by atoms with E-state index in [2.05, 4.69) is 15.9 Å². The zero-order valence-electron chi connectivity index (χ0n) is 11.6. The minimum absolute atomic E-state index is 0.132. The van der Waals surface area contributed by atoms with Crippen LogP contribution < -0.4 is 10.4 Å². The third kappa shape index (κ3) is 2.94. The van der Waals surface area contributed by atoms with Crippen molar-refractivity contribution in [1.29, 1.82) is 0 Å². The van der Waals surface area contributed by atoms with Crippen LogP contribution in [0.5, 0.6) is 5.75 Å². The summed E-state index contributed by atoms with van der Waals surface area (Å²) < 4.78 is 11.2. The molecule has 0 radical (unpaired) electrons. The van der Waals surface area contributed by atoms with E-state index in [4.69, 9.17) is 9.15 Å². The van der Waals surface area contributed by atoms with Gasteiger partial charge in [-0.25, -0.2) is 9.59 Å². The molecule has 0 aliphatic heterocycles. The van der Waals surface area contributed by atoms with Crippen molar-refractivity contribution in [3.05, 3.63) is 74.6 Å². The van der Waals surface area contributed by atoms with Crippen LogP contribution in [0.3, 0.4) is 0 Å². The number of hydrogen-bond donors (Lipinski definition) is 0. The zero-order valence-corrected chi connectivity index (χ0v) is 13.2. The smallest absolute Gasteiger partial charge is 0.351 e. The maximum Gasteiger partial charge on any atom is 0.351 e. The van der Waals surface area contributed by atoms with Crippen molar-refractivity contribution in [1.82, 2.24) is 0 Å². The Morgan fingerprint density at radius 2 is 1.95 bits per heavy atom. The van der Waals surface area contributed by atoms with Gasteiger partial charge in [0.15, 0.2) is 0 Å². The Labute approximate surface area is 134 Å². The third-order valence-electron chi connectivity index (χ3n) is 3.11. The molecule has 0 N–H and O–H groups in total. The fourth-order valence-electron chi connectivity index (χ4n) is 2.08. The molecule has 0 saturated carbocycles. The van der Waals surface area contributed by atoms with Crippen LogP contribution in [-0.2, 0) is 0 Å². The van der Waals surface area contributed by atoms with E-state index < -0.39 is 11.6 Å². The normalized spacial score (nSPS) is 10.6. The molecular weight excluding hydrogens is 348 g/mol. The van der Waals surface area contributed by atoms with Gasteiger partial charge in [-0.05, 0) is 48.9 Å². The standard InChI is InChI=1S/C17H11BrO4/c1-10-3-2-4-13(7-10)21-16(19)14-9-11-8-12(18)5-6-15(11)22-17(14)20/h2-9H,1H3. The van der Waals surface area contributed by atoms with Crippen LogP contribution in [0, 0.1) is 6.92 Å².